The van der Waals surface area contributed by atoms with Gasteiger partial charge < -0.3 is 19.3 Å². The van der Waals surface area contributed by atoms with Gasteiger partial charge in [0, 0.05) is 19.4 Å². The zero-order valence-electron chi connectivity index (χ0n) is 39.2. The predicted octanol–water partition coefficient (Wildman–Crippen LogP) is 14.8. The van der Waals surface area contributed by atoms with Gasteiger partial charge in [0.2, 0.25) is 0 Å². The van der Waals surface area contributed by atoms with Crippen molar-refractivity contribution in [3.63, 3.8) is 0 Å². The summed E-state index contributed by atoms with van der Waals surface area (Å²) in [5.41, 5.74) is 0. The third kappa shape index (κ3) is 46.1. The first-order valence-corrected chi connectivity index (χ1v) is 26.5. The maximum atomic E-state index is 12.7. The normalized spacial score (nSPS) is 13.3. The lowest BCUT2D eigenvalue weighted by atomic mass is 10.0. The summed E-state index contributed by atoms with van der Waals surface area (Å²) in [6.07, 6.45) is 46.9. The first-order valence-electron chi connectivity index (χ1n) is 25.0. The number of rotatable bonds is 47. The number of nitrogens with zero attached hydrogens (tertiary/aromatic N) is 1. The monoisotopic (exact) mass is 858 g/mol. The lowest BCUT2D eigenvalue weighted by Gasteiger charge is -2.20. The van der Waals surface area contributed by atoms with E-state index >= 15 is 0 Å². The summed E-state index contributed by atoms with van der Waals surface area (Å²) in [4.78, 5) is 37.2. The van der Waals surface area contributed by atoms with Gasteiger partial charge in [-0.3, -0.25) is 18.6 Å². The molecule has 0 fully saturated rings. The van der Waals surface area contributed by atoms with Crippen molar-refractivity contribution in [2.75, 3.05) is 40.5 Å². The summed E-state index contributed by atoms with van der Waals surface area (Å²) in [5, 5.41) is 0. The molecular weight excluding hydrogens is 762 g/mol. The van der Waals surface area contributed by atoms with Crippen LogP contribution in [0.3, 0.4) is 0 Å². The van der Waals surface area contributed by atoms with Crippen molar-refractivity contribution in [3.05, 3.63) is 12.2 Å². The Morgan fingerprint density at radius 2 is 0.864 bits per heavy atom. The Hall–Kier alpha value is -1.25. The topological polar surface area (TPSA) is 112 Å². The molecule has 0 amide bonds. The number of carbonyl (C=O) groups is 2. The van der Waals surface area contributed by atoms with Crippen LogP contribution in [0.15, 0.2) is 12.2 Å². The molecule has 10 heteroatoms. The third-order valence-electron chi connectivity index (χ3n) is 11.1. The summed E-state index contributed by atoms with van der Waals surface area (Å²) >= 11 is 0. The molecule has 0 aromatic heterocycles. The molecule has 0 aliphatic carbocycles. The Balaban J connectivity index is 4.15. The molecule has 9 nitrogen and oxygen atoms in total. The fourth-order valence-corrected chi connectivity index (χ4v) is 7.96. The second-order valence-corrected chi connectivity index (χ2v) is 18.8. The van der Waals surface area contributed by atoms with Gasteiger partial charge in [-0.25, -0.2) is 4.57 Å². The SMILES string of the molecule is CCCCCC/C=C\CCCCCCCCCC(=O)OCC(COP(=O)(O)OCCN(C)C)OC(=O)CCCCCCCCCCCCCCCCCCCCCCC. The molecule has 0 radical (unpaired) electrons. The molecule has 0 aliphatic rings. The minimum atomic E-state index is -4.36. The quantitative estimate of drug-likeness (QED) is 0.0277. The van der Waals surface area contributed by atoms with E-state index < -0.39 is 26.5 Å². The molecule has 0 spiro atoms. The van der Waals surface area contributed by atoms with Crippen molar-refractivity contribution in [2.45, 2.75) is 251 Å². The highest BCUT2D eigenvalue weighted by Crippen LogP contribution is 2.43. The zero-order chi connectivity index (χ0) is 43.3. The van der Waals surface area contributed by atoms with E-state index in [1.165, 1.54) is 180 Å². The maximum absolute atomic E-state index is 12.7. The lowest BCUT2D eigenvalue weighted by molar-refractivity contribution is -0.161. The molecule has 0 heterocycles. The number of esters is 2. The molecule has 350 valence electrons. The highest BCUT2D eigenvalue weighted by Gasteiger charge is 2.26. The van der Waals surface area contributed by atoms with Gasteiger partial charge in [-0.05, 0) is 52.6 Å². The fourth-order valence-electron chi connectivity index (χ4n) is 7.21. The van der Waals surface area contributed by atoms with E-state index in [9.17, 15) is 19.0 Å². The summed E-state index contributed by atoms with van der Waals surface area (Å²) in [7, 11) is -0.703. The Bertz CT molecular complexity index is 993. The predicted molar refractivity (Wildman–Crippen MR) is 248 cm³/mol. The van der Waals surface area contributed by atoms with Crippen LogP contribution in [0, 0.1) is 0 Å². The van der Waals surface area contributed by atoms with Crippen molar-refractivity contribution in [3.8, 4) is 0 Å². The number of unbranched alkanes of at least 4 members (excludes halogenated alkanes) is 31. The highest BCUT2D eigenvalue weighted by atomic mass is 31.2. The van der Waals surface area contributed by atoms with Gasteiger partial charge in [0.05, 0.1) is 13.2 Å². The second kappa shape index (κ2) is 44.8. The molecule has 0 aromatic rings. The van der Waals surface area contributed by atoms with Crippen LogP contribution < -0.4 is 0 Å². The molecule has 0 aliphatic heterocycles. The van der Waals surface area contributed by atoms with Gasteiger partial charge >= 0.3 is 19.8 Å². The number of hydrogen-bond donors (Lipinski definition) is 1. The van der Waals surface area contributed by atoms with Gasteiger partial charge in [-0.2, -0.15) is 0 Å². The van der Waals surface area contributed by atoms with E-state index in [0.29, 0.717) is 13.0 Å². The molecule has 0 saturated carbocycles. The van der Waals surface area contributed by atoms with E-state index in [1.807, 2.05) is 19.0 Å². The van der Waals surface area contributed by atoms with Crippen LogP contribution in [-0.2, 0) is 32.7 Å². The van der Waals surface area contributed by atoms with Crippen LogP contribution in [-0.4, -0.2) is 68.3 Å². The van der Waals surface area contributed by atoms with Crippen molar-refractivity contribution >= 4 is 19.8 Å². The lowest BCUT2D eigenvalue weighted by Crippen LogP contribution is -2.29. The zero-order valence-corrected chi connectivity index (χ0v) is 40.1. The fraction of sp³-hybridized carbons (Fsp3) is 0.918. The number of phosphoric acid groups is 1. The van der Waals surface area contributed by atoms with Crippen molar-refractivity contribution in [2.24, 2.45) is 0 Å². The molecule has 0 saturated heterocycles. The Labute approximate surface area is 364 Å². The van der Waals surface area contributed by atoms with Gasteiger partial charge in [0.25, 0.3) is 0 Å². The van der Waals surface area contributed by atoms with E-state index in [0.717, 1.165) is 32.1 Å². The van der Waals surface area contributed by atoms with E-state index in [1.54, 1.807) is 0 Å². The van der Waals surface area contributed by atoms with Crippen LogP contribution in [0.5, 0.6) is 0 Å². The van der Waals surface area contributed by atoms with E-state index in [2.05, 4.69) is 26.0 Å². The van der Waals surface area contributed by atoms with Crippen molar-refractivity contribution in [1.82, 2.24) is 4.90 Å². The maximum Gasteiger partial charge on any atom is 0.472 e. The van der Waals surface area contributed by atoms with Gasteiger partial charge in [-0.15, -0.1) is 0 Å². The van der Waals surface area contributed by atoms with E-state index in [4.69, 9.17) is 18.5 Å². The van der Waals surface area contributed by atoms with Gasteiger partial charge in [0.15, 0.2) is 6.10 Å². The standard InChI is InChI=1S/C49H96NO8P/c1-5-7-9-11-13-15-17-19-21-22-23-24-25-26-28-30-32-34-36-38-40-42-49(52)58-47(46-57-59(53,54)56-44-43-50(3)4)45-55-48(51)41-39-37-35-33-31-29-27-20-18-16-14-12-10-8-6-2/h16,18,47H,5-15,17,19-46H2,1-4H3,(H,53,54)/b18-16-. The van der Waals surface area contributed by atoms with E-state index in [-0.39, 0.29) is 32.0 Å². The van der Waals surface area contributed by atoms with Crippen LogP contribution in [0.2, 0.25) is 0 Å². The van der Waals surface area contributed by atoms with Crippen molar-refractivity contribution < 1.29 is 37.6 Å². The average Bonchev–Trinajstić information content (AvgIpc) is 3.20. The Morgan fingerprint density at radius 3 is 1.27 bits per heavy atom. The summed E-state index contributed by atoms with van der Waals surface area (Å²) in [6, 6.07) is 0. The highest BCUT2D eigenvalue weighted by molar-refractivity contribution is 7.47. The van der Waals surface area contributed by atoms with Crippen LogP contribution in [0.1, 0.15) is 245 Å². The average molecular weight is 858 g/mol. The molecule has 0 bridgehead atoms. The molecule has 0 aromatic carbocycles. The molecule has 2 unspecified atom stereocenters. The van der Waals surface area contributed by atoms with Crippen molar-refractivity contribution in [1.29, 1.82) is 0 Å². The number of hydrogen-bond acceptors (Lipinski definition) is 8. The Kier molecular flexibility index (Phi) is 43.8. The largest absolute Gasteiger partial charge is 0.472 e. The minimum Gasteiger partial charge on any atom is -0.462 e. The van der Waals surface area contributed by atoms with Gasteiger partial charge in [-0.1, -0.05) is 206 Å². The van der Waals surface area contributed by atoms with Crippen LogP contribution in [0.4, 0.5) is 0 Å². The second-order valence-electron chi connectivity index (χ2n) is 17.4. The molecule has 59 heavy (non-hydrogen) atoms. The summed E-state index contributed by atoms with van der Waals surface area (Å²) in [6.45, 7) is 4.35. The molecule has 1 N–H and O–H groups in total. The number of allylic oxidation sites excluding steroid dienone is 2. The van der Waals surface area contributed by atoms with Crippen LogP contribution in [0.25, 0.3) is 0 Å². The number of ether oxygens (including phenoxy) is 2. The number of carbonyl (C=O) groups excluding carboxylic acids is 2. The smallest absolute Gasteiger partial charge is 0.462 e. The number of likely N-dealkylation sites (N-methyl/N-ethyl adjacent to an activating group) is 1. The van der Waals surface area contributed by atoms with Crippen LogP contribution >= 0.6 is 7.82 Å². The third-order valence-corrected chi connectivity index (χ3v) is 12.1. The van der Waals surface area contributed by atoms with Gasteiger partial charge in [0.1, 0.15) is 6.61 Å². The minimum absolute atomic E-state index is 0.0102. The molecule has 2 atom stereocenters. The Morgan fingerprint density at radius 1 is 0.508 bits per heavy atom. The summed E-state index contributed by atoms with van der Waals surface area (Å²) < 4.78 is 33.6. The molecule has 0 rings (SSSR count). The number of phosphoric ester groups is 1. The first kappa shape index (κ1) is 57.8. The summed E-state index contributed by atoms with van der Waals surface area (Å²) in [5.74, 6) is -0.793. The first-order chi connectivity index (χ1) is 28.7. The molecular formula is C49H96NO8P.